The second-order valence-electron chi connectivity index (χ2n) is 11.1. The fourth-order valence-electron chi connectivity index (χ4n) is 6.55. The molecule has 4 rings (SSSR count). The van der Waals surface area contributed by atoms with Gasteiger partial charge in [0.2, 0.25) is 0 Å². The number of hydrogen-bond donors (Lipinski definition) is 2. The molecule has 2 heterocycles. The summed E-state index contributed by atoms with van der Waals surface area (Å²) < 4.78 is 29.0. The minimum atomic E-state index is -1.99. The average Bonchev–Trinajstić information content (AvgIpc) is 3.34. The first-order valence-corrected chi connectivity index (χ1v) is 12.2. The van der Waals surface area contributed by atoms with Crippen LogP contribution in [0, 0.1) is 11.3 Å². The topological polar surface area (TPSA) is 158 Å². The molecule has 2 aliphatic carbocycles. The SMILES string of the molecule is CC(=O)OC1CC(C)=CC2OC(=O)C3(C)OC23C(OC(C)=O)C2C(C)(O)C(O)C=CC2(C)C1OC(C)=O. The molecule has 0 aromatic rings. The lowest BCUT2D eigenvalue weighted by Gasteiger charge is -2.55. The minimum absolute atomic E-state index is 0.0947. The number of ether oxygens (including phenoxy) is 5. The van der Waals surface area contributed by atoms with Crippen molar-refractivity contribution in [3.05, 3.63) is 23.8 Å². The van der Waals surface area contributed by atoms with Gasteiger partial charge in [0, 0.05) is 38.5 Å². The van der Waals surface area contributed by atoms with Crippen molar-refractivity contribution in [2.75, 3.05) is 0 Å². The molecule has 0 aromatic carbocycles. The fourth-order valence-corrected chi connectivity index (χ4v) is 6.55. The Bertz CT molecular complexity index is 1090. The molecule has 11 nitrogen and oxygen atoms in total. The van der Waals surface area contributed by atoms with E-state index in [4.69, 9.17) is 23.7 Å². The molecule has 0 aromatic heterocycles. The predicted molar refractivity (Wildman–Crippen MR) is 125 cm³/mol. The van der Waals surface area contributed by atoms with Crippen LogP contribution in [0.4, 0.5) is 0 Å². The maximum atomic E-state index is 12.9. The number of carbonyl (C=O) groups is 4. The highest BCUT2D eigenvalue weighted by Gasteiger charge is 2.87. The van der Waals surface area contributed by atoms with Crippen molar-refractivity contribution in [3.8, 4) is 0 Å². The van der Waals surface area contributed by atoms with Crippen molar-refractivity contribution in [2.45, 2.75) is 102 Å². The summed E-state index contributed by atoms with van der Waals surface area (Å²) in [5.41, 5.74) is -5.78. The van der Waals surface area contributed by atoms with E-state index in [0.29, 0.717) is 5.57 Å². The van der Waals surface area contributed by atoms with Crippen molar-refractivity contribution in [3.63, 3.8) is 0 Å². The summed E-state index contributed by atoms with van der Waals surface area (Å²) in [6, 6.07) is 0. The highest BCUT2D eigenvalue weighted by Crippen LogP contribution is 2.65. The molecule has 2 saturated heterocycles. The number of esters is 4. The van der Waals surface area contributed by atoms with E-state index in [1.54, 1.807) is 26.0 Å². The smallest absolute Gasteiger partial charge is 0.342 e. The first-order valence-electron chi connectivity index (χ1n) is 12.2. The number of aliphatic hydroxyl groups is 2. The van der Waals surface area contributed by atoms with Crippen LogP contribution in [0.5, 0.6) is 0 Å². The molecule has 10 unspecified atom stereocenters. The lowest BCUT2D eigenvalue weighted by Crippen LogP contribution is -2.68. The number of fused-ring (bicyclic) bond motifs is 1. The van der Waals surface area contributed by atoms with Gasteiger partial charge in [-0.1, -0.05) is 24.6 Å². The normalized spacial score (nSPS) is 46.3. The Kier molecular flexibility index (Phi) is 6.37. The number of epoxide rings is 1. The van der Waals surface area contributed by atoms with Gasteiger partial charge in [-0.3, -0.25) is 14.4 Å². The summed E-state index contributed by atoms with van der Waals surface area (Å²) in [5.74, 6) is -3.92. The molecule has 2 aliphatic heterocycles. The molecule has 1 spiro atoms. The van der Waals surface area contributed by atoms with Crippen molar-refractivity contribution in [1.29, 1.82) is 0 Å². The van der Waals surface area contributed by atoms with Crippen LogP contribution in [0.25, 0.3) is 0 Å². The first kappa shape index (κ1) is 27.3. The molecule has 204 valence electrons. The molecular formula is C26H34O11. The van der Waals surface area contributed by atoms with E-state index in [9.17, 15) is 29.4 Å². The maximum Gasteiger partial charge on any atom is 0.342 e. The second-order valence-corrected chi connectivity index (χ2v) is 11.1. The second kappa shape index (κ2) is 8.64. The van der Waals surface area contributed by atoms with Crippen LogP contribution in [-0.4, -0.2) is 81.4 Å². The van der Waals surface area contributed by atoms with Gasteiger partial charge in [-0.25, -0.2) is 4.79 Å². The first-order chi connectivity index (χ1) is 17.0. The van der Waals surface area contributed by atoms with E-state index in [0.717, 1.165) is 0 Å². The van der Waals surface area contributed by atoms with Crippen molar-refractivity contribution in [1.82, 2.24) is 0 Å². The monoisotopic (exact) mass is 522 g/mol. The molecule has 37 heavy (non-hydrogen) atoms. The maximum absolute atomic E-state index is 12.9. The number of rotatable bonds is 3. The van der Waals surface area contributed by atoms with Crippen LogP contribution in [0.2, 0.25) is 0 Å². The highest BCUT2D eigenvalue weighted by atomic mass is 16.7. The highest BCUT2D eigenvalue weighted by molar-refractivity contribution is 5.89. The molecule has 0 radical (unpaired) electrons. The van der Waals surface area contributed by atoms with Gasteiger partial charge in [-0.2, -0.15) is 0 Å². The minimum Gasteiger partial charge on any atom is -0.459 e. The van der Waals surface area contributed by atoms with E-state index >= 15 is 0 Å². The fraction of sp³-hybridized carbons (Fsp3) is 0.692. The molecule has 0 saturated carbocycles. The van der Waals surface area contributed by atoms with Crippen molar-refractivity contribution < 1.29 is 53.1 Å². The Labute approximate surface area is 214 Å². The largest absolute Gasteiger partial charge is 0.459 e. The molecule has 0 amide bonds. The van der Waals surface area contributed by atoms with Gasteiger partial charge in [-0.15, -0.1) is 0 Å². The summed E-state index contributed by atoms with van der Waals surface area (Å²) in [5, 5.41) is 22.7. The average molecular weight is 523 g/mol. The quantitative estimate of drug-likeness (QED) is 0.235. The van der Waals surface area contributed by atoms with Crippen LogP contribution in [0.1, 0.15) is 54.9 Å². The van der Waals surface area contributed by atoms with Gasteiger partial charge in [0.15, 0.2) is 17.3 Å². The Balaban J connectivity index is 2.04. The van der Waals surface area contributed by atoms with Gasteiger partial charge in [0.25, 0.3) is 0 Å². The molecule has 0 bridgehead atoms. The lowest BCUT2D eigenvalue weighted by atomic mass is 9.55. The Morgan fingerprint density at radius 2 is 1.57 bits per heavy atom. The number of carbonyl (C=O) groups excluding carboxylic acids is 4. The zero-order chi connectivity index (χ0) is 27.7. The third kappa shape index (κ3) is 3.98. The lowest BCUT2D eigenvalue weighted by molar-refractivity contribution is -0.223. The van der Waals surface area contributed by atoms with E-state index in [1.165, 1.54) is 40.7 Å². The van der Waals surface area contributed by atoms with Crippen molar-refractivity contribution in [2.24, 2.45) is 11.3 Å². The summed E-state index contributed by atoms with van der Waals surface area (Å²) in [6.45, 7) is 9.87. The summed E-state index contributed by atoms with van der Waals surface area (Å²) in [6.07, 6.45) is -1.38. The third-order valence-corrected chi connectivity index (χ3v) is 8.20. The molecule has 11 heteroatoms. The summed E-state index contributed by atoms with van der Waals surface area (Å²) in [7, 11) is 0. The van der Waals surface area contributed by atoms with Crippen LogP contribution in [-0.2, 0) is 42.9 Å². The molecule has 4 aliphatic rings. The van der Waals surface area contributed by atoms with Crippen LogP contribution in [0.15, 0.2) is 23.8 Å². The van der Waals surface area contributed by atoms with Crippen molar-refractivity contribution >= 4 is 23.9 Å². The van der Waals surface area contributed by atoms with Gasteiger partial charge in [0.1, 0.15) is 24.4 Å². The summed E-state index contributed by atoms with van der Waals surface area (Å²) in [4.78, 5) is 49.9. The van der Waals surface area contributed by atoms with E-state index in [2.05, 4.69) is 0 Å². The van der Waals surface area contributed by atoms with Crippen LogP contribution in [0.3, 0.4) is 0 Å². The van der Waals surface area contributed by atoms with Gasteiger partial charge in [0.05, 0.1) is 5.60 Å². The zero-order valence-corrected chi connectivity index (χ0v) is 22.0. The standard InChI is InChI=1S/C26H34O11/c1-12-10-16(33-13(2)27)20(34-14(3)28)23(5)9-8-17(30)24(6,32)19(23)21(35-15(4)29)26-18(11-12)36-22(31)25(26,7)37-26/h8-9,11,16-21,30,32H,10H2,1-7H3. The molecular weight excluding hydrogens is 488 g/mol. The summed E-state index contributed by atoms with van der Waals surface area (Å²) >= 11 is 0. The van der Waals surface area contributed by atoms with Crippen LogP contribution < -0.4 is 0 Å². The van der Waals surface area contributed by atoms with E-state index in [1.807, 2.05) is 0 Å². The Morgan fingerprint density at radius 1 is 1.00 bits per heavy atom. The molecule has 10 atom stereocenters. The van der Waals surface area contributed by atoms with E-state index < -0.39 is 82.5 Å². The Hall–Kier alpha value is -2.76. The molecule has 2 fully saturated rings. The Morgan fingerprint density at radius 3 is 2.11 bits per heavy atom. The van der Waals surface area contributed by atoms with Gasteiger partial charge < -0.3 is 33.9 Å². The molecule has 2 N–H and O–H groups in total. The van der Waals surface area contributed by atoms with E-state index in [-0.39, 0.29) is 6.42 Å². The van der Waals surface area contributed by atoms with Gasteiger partial charge in [-0.05, 0) is 26.8 Å². The number of hydrogen-bond acceptors (Lipinski definition) is 11. The van der Waals surface area contributed by atoms with Crippen LogP contribution >= 0.6 is 0 Å². The third-order valence-electron chi connectivity index (χ3n) is 8.20. The predicted octanol–water partition coefficient (Wildman–Crippen LogP) is 0.889. The van der Waals surface area contributed by atoms with Gasteiger partial charge >= 0.3 is 23.9 Å². The zero-order valence-electron chi connectivity index (χ0n) is 22.0. The number of aliphatic hydroxyl groups excluding tert-OH is 1.